The maximum Gasteiger partial charge on any atom is 0.260 e. The van der Waals surface area contributed by atoms with E-state index in [2.05, 4.69) is 10.3 Å². The summed E-state index contributed by atoms with van der Waals surface area (Å²) in [4.78, 5) is 25.9. The van der Waals surface area contributed by atoms with Crippen molar-refractivity contribution in [3.8, 4) is 0 Å². The molecule has 2 aromatic heterocycles. The number of carbonyl (C=O) groups is 1. The quantitative estimate of drug-likeness (QED) is 0.881. The Kier molecular flexibility index (Phi) is 3.94. The number of aryl methyl sites for hydroxylation is 1. The van der Waals surface area contributed by atoms with E-state index in [1.807, 2.05) is 16.8 Å². The number of hydrogen-bond donors (Lipinski definition) is 2. The van der Waals surface area contributed by atoms with Gasteiger partial charge in [-0.1, -0.05) is 0 Å². The molecule has 0 spiro atoms. The molecule has 0 unspecified atom stereocenters. The second kappa shape index (κ2) is 5.64. The molecule has 94 valence electrons. The summed E-state index contributed by atoms with van der Waals surface area (Å²) in [6.45, 7) is 2.31. The van der Waals surface area contributed by atoms with Crippen LogP contribution >= 0.6 is 11.3 Å². The van der Waals surface area contributed by atoms with Crippen molar-refractivity contribution in [2.24, 2.45) is 0 Å². The molecule has 0 saturated heterocycles. The molecule has 0 fully saturated rings. The van der Waals surface area contributed by atoms with Crippen LogP contribution in [0.25, 0.3) is 0 Å². The number of carbonyl (C=O) groups excluding carboxylic acids is 1. The predicted molar refractivity (Wildman–Crippen MR) is 72.2 cm³/mol. The van der Waals surface area contributed by atoms with E-state index in [-0.39, 0.29) is 17.0 Å². The molecule has 2 aromatic rings. The van der Waals surface area contributed by atoms with Gasteiger partial charge in [-0.05, 0) is 47.9 Å². The lowest BCUT2D eigenvalue weighted by Crippen LogP contribution is -2.31. The van der Waals surface area contributed by atoms with Crippen LogP contribution in [0.2, 0.25) is 0 Å². The molecule has 0 aliphatic heterocycles. The second-order valence-corrected chi connectivity index (χ2v) is 4.80. The van der Waals surface area contributed by atoms with Crippen molar-refractivity contribution < 1.29 is 4.79 Å². The van der Waals surface area contributed by atoms with Gasteiger partial charge >= 0.3 is 0 Å². The minimum Gasteiger partial charge on any atom is -0.352 e. The highest BCUT2D eigenvalue weighted by Gasteiger charge is 2.09. The fourth-order valence-electron chi connectivity index (χ4n) is 1.60. The van der Waals surface area contributed by atoms with Crippen molar-refractivity contribution in [2.45, 2.75) is 13.3 Å². The Hall–Kier alpha value is -1.88. The molecule has 0 aliphatic carbocycles. The van der Waals surface area contributed by atoms with Crippen LogP contribution in [0.3, 0.4) is 0 Å². The number of aromatic amines is 1. The first-order valence-corrected chi connectivity index (χ1v) is 6.60. The van der Waals surface area contributed by atoms with Gasteiger partial charge in [0.2, 0.25) is 0 Å². The molecule has 0 saturated carbocycles. The Labute approximate surface area is 109 Å². The fourth-order valence-corrected chi connectivity index (χ4v) is 2.30. The van der Waals surface area contributed by atoms with Crippen molar-refractivity contribution in [3.63, 3.8) is 0 Å². The van der Waals surface area contributed by atoms with E-state index in [4.69, 9.17) is 0 Å². The summed E-state index contributed by atoms with van der Waals surface area (Å²) in [5.41, 5.74) is 1.75. The maximum absolute atomic E-state index is 11.8. The largest absolute Gasteiger partial charge is 0.352 e. The Morgan fingerprint density at radius 1 is 1.39 bits per heavy atom. The first-order chi connectivity index (χ1) is 8.66. The number of pyridine rings is 1. The number of rotatable bonds is 4. The zero-order valence-corrected chi connectivity index (χ0v) is 10.8. The number of aromatic nitrogens is 1. The number of amides is 1. The van der Waals surface area contributed by atoms with Crippen LogP contribution in [0, 0.1) is 6.92 Å². The highest BCUT2D eigenvalue weighted by molar-refractivity contribution is 7.07. The van der Waals surface area contributed by atoms with Crippen molar-refractivity contribution >= 4 is 17.2 Å². The van der Waals surface area contributed by atoms with E-state index < -0.39 is 0 Å². The molecule has 1 amide bonds. The Balaban J connectivity index is 1.93. The normalized spacial score (nSPS) is 10.3. The number of H-pyrrole nitrogens is 1. The molecule has 0 atom stereocenters. The van der Waals surface area contributed by atoms with Gasteiger partial charge in [-0.15, -0.1) is 0 Å². The topological polar surface area (TPSA) is 62.0 Å². The summed E-state index contributed by atoms with van der Waals surface area (Å²) in [6.07, 6.45) is 0.777. The van der Waals surface area contributed by atoms with Crippen molar-refractivity contribution in [2.75, 3.05) is 6.54 Å². The van der Waals surface area contributed by atoms with E-state index in [1.54, 1.807) is 30.4 Å². The lowest BCUT2D eigenvalue weighted by Gasteiger charge is -2.04. The van der Waals surface area contributed by atoms with Crippen LogP contribution < -0.4 is 10.9 Å². The van der Waals surface area contributed by atoms with Crippen LogP contribution in [0.5, 0.6) is 0 Å². The van der Waals surface area contributed by atoms with Gasteiger partial charge in [-0.3, -0.25) is 9.59 Å². The lowest BCUT2D eigenvalue weighted by molar-refractivity contribution is 0.0952. The predicted octanol–water partition coefficient (Wildman–Crippen LogP) is 1.72. The molecule has 0 aliphatic rings. The molecule has 18 heavy (non-hydrogen) atoms. The molecule has 2 heterocycles. The zero-order valence-electron chi connectivity index (χ0n) is 10.0. The van der Waals surface area contributed by atoms with E-state index in [9.17, 15) is 9.59 Å². The van der Waals surface area contributed by atoms with Crippen molar-refractivity contribution in [1.29, 1.82) is 0 Å². The molecule has 0 bridgehead atoms. The van der Waals surface area contributed by atoms with Crippen LogP contribution in [0.1, 0.15) is 21.6 Å². The summed E-state index contributed by atoms with van der Waals surface area (Å²) >= 11 is 1.63. The number of thiophene rings is 1. The Bertz CT molecular complexity index is 587. The molecular weight excluding hydrogens is 248 g/mol. The molecule has 4 nitrogen and oxygen atoms in total. The minimum absolute atomic E-state index is 0.158. The summed E-state index contributed by atoms with van der Waals surface area (Å²) in [5, 5.41) is 6.79. The smallest absolute Gasteiger partial charge is 0.260 e. The summed E-state index contributed by atoms with van der Waals surface area (Å²) < 4.78 is 0. The van der Waals surface area contributed by atoms with Gasteiger partial charge in [0.25, 0.3) is 11.5 Å². The fraction of sp³-hybridized carbons (Fsp3) is 0.231. The van der Waals surface area contributed by atoms with E-state index in [0.29, 0.717) is 6.54 Å². The number of nitrogens with one attached hydrogen (secondary N) is 2. The summed E-state index contributed by atoms with van der Waals surface area (Å²) in [6, 6.07) is 5.29. The third-order valence-corrected chi connectivity index (χ3v) is 3.31. The molecule has 0 aromatic carbocycles. The van der Waals surface area contributed by atoms with Crippen molar-refractivity contribution in [3.05, 3.63) is 56.1 Å². The monoisotopic (exact) mass is 262 g/mol. The van der Waals surface area contributed by atoms with Gasteiger partial charge in [0.15, 0.2) is 0 Å². The SMILES string of the molecule is Cc1ccc(C(=O)NCCc2ccsc2)c(=O)[nH]1. The average Bonchev–Trinajstić information content (AvgIpc) is 2.81. The van der Waals surface area contributed by atoms with Gasteiger partial charge in [0.1, 0.15) is 5.56 Å². The molecule has 2 N–H and O–H groups in total. The van der Waals surface area contributed by atoms with E-state index >= 15 is 0 Å². The van der Waals surface area contributed by atoms with E-state index in [0.717, 1.165) is 12.1 Å². The second-order valence-electron chi connectivity index (χ2n) is 4.02. The van der Waals surface area contributed by atoms with Gasteiger partial charge in [-0.25, -0.2) is 0 Å². The summed E-state index contributed by atoms with van der Waals surface area (Å²) in [5.74, 6) is -0.327. The van der Waals surface area contributed by atoms with Crippen molar-refractivity contribution in [1.82, 2.24) is 10.3 Å². The van der Waals surface area contributed by atoms with Gasteiger partial charge in [0.05, 0.1) is 0 Å². The standard InChI is InChI=1S/C13H14N2O2S/c1-9-2-3-11(13(17)15-9)12(16)14-6-4-10-5-7-18-8-10/h2-3,5,7-8H,4,6H2,1H3,(H,14,16)(H,15,17). The highest BCUT2D eigenvalue weighted by Crippen LogP contribution is 2.05. The van der Waals surface area contributed by atoms with Gasteiger partial charge in [0, 0.05) is 12.2 Å². The van der Waals surface area contributed by atoms with Gasteiger partial charge < -0.3 is 10.3 Å². The molecule has 2 rings (SSSR count). The van der Waals surface area contributed by atoms with Gasteiger partial charge in [-0.2, -0.15) is 11.3 Å². The minimum atomic E-state index is -0.344. The Morgan fingerprint density at radius 2 is 2.22 bits per heavy atom. The molecule has 0 radical (unpaired) electrons. The van der Waals surface area contributed by atoms with Crippen LogP contribution in [0.4, 0.5) is 0 Å². The third-order valence-electron chi connectivity index (χ3n) is 2.58. The Morgan fingerprint density at radius 3 is 2.89 bits per heavy atom. The van der Waals surface area contributed by atoms with Crippen LogP contribution in [-0.2, 0) is 6.42 Å². The molecular formula is C13H14N2O2S. The maximum atomic E-state index is 11.8. The zero-order chi connectivity index (χ0) is 13.0. The summed E-state index contributed by atoms with van der Waals surface area (Å²) in [7, 11) is 0. The first kappa shape index (κ1) is 12.6. The average molecular weight is 262 g/mol. The van der Waals surface area contributed by atoms with E-state index in [1.165, 1.54) is 5.56 Å². The molecule has 5 heteroatoms. The highest BCUT2D eigenvalue weighted by atomic mass is 32.1. The lowest BCUT2D eigenvalue weighted by atomic mass is 10.2. The third kappa shape index (κ3) is 3.07. The number of hydrogen-bond acceptors (Lipinski definition) is 3. The van der Waals surface area contributed by atoms with Crippen LogP contribution in [-0.4, -0.2) is 17.4 Å². The van der Waals surface area contributed by atoms with Crippen LogP contribution in [0.15, 0.2) is 33.8 Å². The first-order valence-electron chi connectivity index (χ1n) is 5.66.